The van der Waals surface area contributed by atoms with Crippen molar-refractivity contribution in [2.24, 2.45) is 0 Å². The third-order valence-electron chi connectivity index (χ3n) is 4.91. The van der Waals surface area contributed by atoms with Crippen molar-refractivity contribution in [3.8, 4) is 5.75 Å². The molecule has 198 valence electrons. The van der Waals surface area contributed by atoms with Crippen molar-refractivity contribution < 1.29 is 44.3 Å². The summed E-state index contributed by atoms with van der Waals surface area (Å²) in [6, 6.07) is 11.6. The molecule has 0 saturated carbocycles. The van der Waals surface area contributed by atoms with Gasteiger partial charge in [0.05, 0.1) is 21.7 Å². The Balaban J connectivity index is 1.67. The number of ether oxygens (including phenoxy) is 1. The fourth-order valence-electron chi connectivity index (χ4n) is 3.03. The molecule has 0 bridgehead atoms. The molecule has 3 rings (SSSR count). The van der Waals surface area contributed by atoms with Gasteiger partial charge in [-0.25, -0.2) is 8.42 Å². The normalized spacial score (nSPS) is 12.2. The quantitative estimate of drug-likeness (QED) is 0.345. The fourth-order valence-corrected chi connectivity index (χ4v) is 4.35. The number of alkyl halides is 6. The minimum atomic E-state index is -5.06. The maximum Gasteiger partial charge on any atom is 0.416 e. The van der Waals surface area contributed by atoms with Crippen LogP contribution in [0.2, 0.25) is 5.02 Å². The van der Waals surface area contributed by atoms with Crippen molar-refractivity contribution in [3.63, 3.8) is 0 Å². The van der Waals surface area contributed by atoms with Crippen LogP contribution in [0.4, 0.5) is 37.7 Å². The molecule has 0 spiro atoms. The second-order valence-electron chi connectivity index (χ2n) is 7.55. The summed E-state index contributed by atoms with van der Waals surface area (Å²) in [5.41, 5.74) is -3.62. The van der Waals surface area contributed by atoms with Crippen LogP contribution in [0.5, 0.6) is 5.75 Å². The number of sulfonamides is 1. The second kappa shape index (κ2) is 10.5. The molecular weight excluding hydrogens is 550 g/mol. The molecule has 1 N–H and O–H groups in total. The van der Waals surface area contributed by atoms with Crippen LogP contribution in [0.1, 0.15) is 11.1 Å². The molecule has 0 atom stereocenters. The van der Waals surface area contributed by atoms with Crippen LogP contribution < -0.4 is 14.4 Å². The Morgan fingerprint density at radius 1 is 0.892 bits per heavy atom. The molecule has 0 fully saturated rings. The highest BCUT2D eigenvalue weighted by Crippen LogP contribution is 2.37. The highest BCUT2D eigenvalue weighted by atomic mass is 35.5. The zero-order valence-electron chi connectivity index (χ0n) is 18.7. The Bertz CT molecular complexity index is 1340. The summed E-state index contributed by atoms with van der Waals surface area (Å²) in [5.74, 6) is -0.921. The van der Waals surface area contributed by atoms with Gasteiger partial charge in [0, 0.05) is 17.8 Å². The van der Waals surface area contributed by atoms with E-state index in [9.17, 15) is 39.6 Å². The molecule has 0 heterocycles. The minimum absolute atomic E-state index is 0.000305. The van der Waals surface area contributed by atoms with Gasteiger partial charge in [0.25, 0.3) is 15.9 Å². The molecule has 6 nitrogen and oxygen atoms in total. The first kappa shape index (κ1) is 28.1. The molecule has 0 aliphatic rings. The van der Waals surface area contributed by atoms with E-state index in [-0.39, 0.29) is 22.4 Å². The molecular formula is C23H17ClF6N2O4S. The number of halogens is 7. The standard InChI is InChI=1S/C23H17ClF6N2O4S/c1-32(37(34,35)20-8-2-16(24)3-9-20)18-4-6-19(7-5-18)36-13-21(33)31-17-11-14(22(25,26)27)10-15(12-17)23(28,29)30/h2-12H,13H2,1H3,(H,31,33). The van der Waals surface area contributed by atoms with Gasteiger partial charge in [-0.05, 0) is 66.7 Å². The molecule has 0 saturated heterocycles. The van der Waals surface area contributed by atoms with Gasteiger partial charge >= 0.3 is 12.4 Å². The summed E-state index contributed by atoms with van der Waals surface area (Å²) >= 11 is 5.78. The topological polar surface area (TPSA) is 75.7 Å². The molecule has 0 aromatic heterocycles. The van der Waals surface area contributed by atoms with E-state index >= 15 is 0 Å². The SMILES string of the molecule is CN(c1ccc(OCC(=O)Nc2cc(C(F)(F)F)cc(C(F)(F)F)c2)cc1)S(=O)(=O)c1ccc(Cl)cc1. The lowest BCUT2D eigenvalue weighted by Gasteiger charge is -2.20. The number of nitrogens with one attached hydrogen (secondary N) is 1. The summed E-state index contributed by atoms with van der Waals surface area (Å²) in [6.45, 7) is -0.740. The van der Waals surface area contributed by atoms with E-state index in [2.05, 4.69) is 0 Å². The summed E-state index contributed by atoms with van der Waals surface area (Å²) in [4.78, 5) is 12.1. The van der Waals surface area contributed by atoms with Gasteiger partial charge in [0.2, 0.25) is 0 Å². The van der Waals surface area contributed by atoms with Gasteiger partial charge in [0.15, 0.2) is 6.61 Å². The predicted molar refractivity (Wildman–Crippen MR) is 124 cm³/mol. The number of hydrogen-bond donors (Lipinski definition) is 1. The van der Waals surface area contributed by atoms with Crippen LogP contribution in [0.25, 0.3) is 0 Å². The van der Waals surface area contributed by atoms with Gasteiger partial charge in [-0.2, -0.15) is 26.3 Å². The molecule has 0 aliphatic heterocycles. The molecule has 14 heteroatoms. The largest absolute Gasteiger partial charge is 0.484 e. The van der Waals surface area contributed by atoms with Crippen LogP contribution in [0.15, 0.2) is 71.6 Å². The summed E-state index contributed by atoms with van der Waals surface area (Å²) in [7, 11) is -2.58. The first-order valence-corrected chi connectivity index (χ1v) is 12.0. The minimum Gasteiger partial charge on any atom is -0.484 e. The summed E-state index contributed by atoms with van der Waals surface area (Å²) < 4.78 is 110. The number of benzene rings is 3. The van der Waals surface area contributed by atoms with E-state index in [1.54, 1.807) is 0 Å². The maximum atomic E-state index is 13.0. The van der Waals surface area contributed by atoms with Gasteiger partial charge < -0.3 is 10.1 Å². The smallest absolute Gasteiger partial charge is 0.416 e. The molecule has 0 aliphatic carbocycles. The Morgan fingerprint density at radius 3 is 1.89 bits per heavy atom. The van der Waals surface area contributed by atoms with Crippen molar-refractivity contribution in [1.82, 2.24) is 0 Å². The van der Waals surface area contributed by atoms with Crippen LogP contribution >= 0.6 is 11.6 Å². The third-order valence-corrected chi connectivity index (χ3v) is 6.97. The van der Waals surface area contributed by atoms with Crippen molar-refractivity contribution in [1.29, 1.82) is 0 Å². The molecule has 37 heavy (non-hydrogen) atoms. The summed E-state index contributed by atoms with van der Waals surface area (Å²) in [6.07, 6.45) is -10.1. The summed E-state index contributed by atoms with van der Waals surface area (Å²) in [5, 5.41) is 2.31. The van der Waals surface area contributed by atoms with Crippen molar-refractivity contribution in [2.75, 3.05) is 23.3 Å². The van der Waals surface area contributed by atoms with Gasteiger partial charge in [-0.1, -0.05) is 11.6 Å². The van der Waals surface area contributed by atoms with E-state index < -0.39 is 51.7 Å². The van der Waals surface area contributed by atoms with Crippen LogP contribution in [0, 0.1) is 0 Å². The Hall–Kier alpha value is -3.45. The maximum absolute atomic E-state index is 13.0. The Kier molecular flexibility index (Phi) is 7.98. The monoisotopic (exact) mass is 566 g/mol. The van der Waals surface area contributed by atoms with Gasteiger partial charge in [0.1, 0.15) is 5.75 Å². The zero-order valence-corrected chi connectivity index (χ0v) is 20.3. The first-order chi connectivity index (χ1) is 17.1. The lowest BCUT2D eigenvalue weighted by atomic mass is 10.1. The number of nitrogens with zero attached hydrogens (tertiary/aromatic N) is 1. The zero-order chi connectivity index (χ0) is 27.6. The number of anilines is 2. The molecule has 3 aromatic carbocycles. The highest BCUT2D eigenvalue weighted by molar-refractivity contribution is 7.92. The number of hydrogen-bond acceptors (Lipinski definition) is 4. The lowest BCUT2D eigenvalue weighted by molar-refractivity contribution is -0.143. The Morgan fingerprint density at radius 2 is 1.41 bits per heavy atom. The molecule has 1 amide bonds. The number of rotatable bonds is 7. The van der Waals surface area contributed by atoms with Crippen LogP contribution in [-0.4, -0.2) is 28.0 Å². The molecule has 0 unspecified atom stereocenters. The van der Waals surface area contributed by atoms with E-state index in [1.165, 1.54) is 55.6 Å². The van der Waals surface area contributed by atoms with E-state index in [0.29, 0.717) is 17.2 Å². The lowest BCUT2D eigenvalue weighted by Crippen LogP contribution is -2.26. The van der Waals surface area contributed by atoms with Crippen molar-refractivity contribution >= 4 is 38.9 Å². The highest BCUT2D eigenvalue weighted by Gasteiger charge is 2.37. The van der Waals surface area contributed by atoms with Crippen molar-refractivity contribution in [2.45, 2.75) is 17.2 Å². The van der Waals surface area contributed by atoms with Gasteiger partial charge in [-0.3, -0.25) is 9.10 Å². The predicted octanol–water partition coefficient (Wildman–Crippen LogP) is 6.22. The number of carbonyl (C=O) groups is 1. The molecule has 0 radical (unpaired) electrons. The van der Waals surface area contributed by atoms with E-state index in [0.717, 1.165) is 4.31 Å². The van der Waals surface area contributed by atoms with Gasteiger partial charge in [-0.15, -0.1) is 0 Å². The fraction of sp³-hybridized carbons (Fsp3) is 0.174. The number of carbonyl (C=O) groups excluding carboxylic acids is 1. The number of amides is 1. The average molecular weight is 567 g/mol. The average Bonchev–Trinajstić information content (AvgIpc) is 2.81. The third kappa shape index (κ3) is 7.07. The van der Waals surface area contributed by atoms with E-state index in [1.807, 2.05) is 5.32 Å². The molecule has 3 aromatic rings. The van der Waals surface area contributed by atoms with Crippen molar-refractivity contribution in [3.05, 3.63) is 82.9 Å². The van der Waals surface area contributed by atoms with Crippen LogP contribution in [0.3, 0.4) is 0 Å². The second-order valence-corrected chi connectivity index (χ2v) is 9.96. The van der Waals surface area contributed by atoms with E-state index in [4.69, 9.17) is 16.3 Å². The Labute approximate surface area is 212 Å². The van der Waals surface area contributed by atoms with Crippen LogP contribution in [-0.2, 0) is 27.2 Å². The first-order valence-electron chi connectivity index (χ1n) is 10.1.